The first-order chi connectivity index (χ1) is 30.1. The number of benzene rings is 9. The molecule has 0 fully saturated rings. The number of rotatable bonds is 6. The van der Waals surface area contributed by atoms with E-state index in [0.717, 1.165) is 33.6 Å². The molecule has 2 heterocycles. The van der Waals surface area contributed by atoms with Crippen molar-refractivity contribution in [3.63, 3.8) is 0 Å². The van der Waals surface area contributed by atoms with Crippen LogP contribution < -0.4 is 0 Å². The van der Waals surface area contributed by atoms with Crippen molar-refractivity contribution in [2.75, 3.05) is 0 Å². The van der Waals surface area contributed by atoms with Crippen molar-refractivity contribution in [3.8, 4) is 67.3 Å². The fourth-order valence-electron chi connectivity index (χ4n) is 9.75. The summed E-state index contributed by atoms with van der Waals surface area (Å²) in [4.78, 5) is 10.7. The topological polar surface area (TPSA) is 25.8 Å². The molecular weight excluding hydrogens is 757 g/mol. The smallest absolute Gasteiger partial charge is 0.160 e. The second-order valence-corrected chi connectivity index (χ2v) is 17.3. The van der Waals surface area contributed by atoms with Crippen molar-refractivity contribution in [1.29, 1.82) is 0 Å². The van der Waals surface area contributed by atoms with Gasteiger partial charge in [0.1, 0.15) is 0 Å². The summed E-state index contributed by atoms with van der Waals surface area (Å²) in [7, 11) is 0. The maximum absolute atomic E-state index is 5.36. The molecule has 0 bridgehead atoms. The fourth-order valence-corrected chi connectivity index (χ4v) is 10.9. The van der Waals surface area contributed by atoms with Crippen LogP contribution in [0.5, 0.6) is 0 Å². The monoisotopic (exact) mass is 794 g/mol. The number of hydrogen-bond acceptors (Lipinski definition) is 3. The molecule has 1 aliphatic rings. The van der Waals surface area contributed by atoms with Gasteiger partial charge >= 0.3 is 0 Å². The largest absolute Gasteiger partial charge is 0.228 e. The molecule has 0 N–H and O–H groups in total. The van der Waals surface area contributed by atoms with Gasteiger partial charge in [-0.2, -0.15) is 0 Å². The number of hydrogen-bond donors (Lipinski definition) is 0. The summed E-state index contributed by atoms with van der Waals surface area (Å²) < 4.78 is 2.58. The Morgan fingerprint density at radius 1 is 0.393 bits per heavy atom. The molecule has 2 nitrogen and oxygen atoms in total. The summed E-state index contributed by atoms with van der Waals surface area (Å²) in [5, 5.41) is 5.08. The highest BCUT2D eigenvalue weighted by atomic mass is 32.1. The average molecular weight is 795 g/mol. The molecule has 0 saturated heterocycles. The maximum atomic E-state index is 5.36. The van der Waals surface area contributed by atoms with Gasteiger partial charge in [0.15, 0.2) is 5.82 Å². The van der Waals surface area contributed by atoms with Crippen molar-refractivity contribution < 1.29 is 0 Å². The molecule has 11 aromatic rings. The van der Waals surface area contributed by atoms with Gasteiger partial charge in [0.05, 0.1) is 11.4 Å². The number of aromatic nitrogens is 2. The summed E-state index contributed by atoms with van der Waals surface area (Å²) in [5.41, 5.74) is 15.9. The molecule has 2 aromatic heterocycles. The molecule has 0 saturated carbocycles. The lowest BCUT2D eigenvalue weighted by Crippen LogP contribution is -2.22. The van der Waals surface area contributed by atoms with Crippen LogP contribution in [-0.2, 0) is 5.41 Å². The number of fused-ring (bicyclic) bond motifs is 7. The van der Waals surface area contributed by atoms with E-state index in [9.17, 15) is 0 Å². The zero-order valence-corrected chi connectivity index (χ0v) is 34.3. The third kappa shape index (κ3) is 5.77. The first-order valence-electron chi connectivity index (χ1n) is 20.9. The van der Waals surface area contributed by atoms with Crippen molar-refractivity contribution in [2.24, 2.45) is 0 Å². The first-order valence-corrected chi connectivity index (χ1v) is 21.7. The summed E-state index contributed by atoms with van der Waals surface area (Å²) in [6.45, 7) is 2.37. The normalized spacial score (nSPS) is 14.4. The highest BCUT2D eigenvalue weighted by molar-refractivity contribution is 7.26. The molecule has 1 unspecified atom stereocenters. The van der Waals surface area contributed by atoms with Crippen LogP contribution in [0, 0.1) is 0 Å². The Hall–Kier alpha value is -7.46. The van der Waals surface area contributed by atoms with Crippen LogP contribution in [0.15, 0.2) is 212 Å². The fraction of sp³-hybridized carbons (Fsp3) is 0.0345. The lowest BCUT2D eigenvalue weighted by molar-refractivity contribution is 0.714. The first kappa shape index (κ1) is 35.5. The summed E-state index contributed by atoms with van der Waals surface area (Å²) in [6, 6.07) is 76.9. The van der Waals surface area contributed by atoms with Gasteiger partial charge in [-0.3, -0.25) is 0 Å². The van der Waals surface area contributed by atoms with Crippen molar-refractivity contribution in [1.82, 2.24) is 9.97 Å². The van der Waals surface area contributed by atoms with Gasteiger partial charge in [0.2, 0.25) is 0 Å². The molecule has 0 aliphatic heterocycles. The van der Waals surface area contributed by atoms with E-state index in [1.165, 1.54) is 75.5 Å². The van der Waals surface area contributed by atoms with Crippen molar-refractivity contribution in [2.45, 2.75) is 12.3 Å². The minimum absolute atomic E-state index is 0.307. The van der Waals surface area contributed by atoms with Crippen LogP contribution in [0.1, 0.15) is 23.6 Å². The molecule has 1 aliphatic carbocycles. The lowest BCUT2D eigenvalue weighted by atomic mass is 9.74. The van der Waals surface area contributed by atoms with Crippen LogP contribution in [0.25, 0.3) is 98.2 Å². The number of thiophene rings is 1. The molecule has 0 amide bonds. The molecule has 3 heteroatoms. The zero-order valence-electron chi connectivity index (χ0n) is 33.5. The minimum atomic E-state index is -0.307. The zero-order chi connectivity index (χ0) is 40.5. The third-order valence-electron chi connectivity index (χ3n) is 12.8. The average Bonchev–Trinajstić information content (AvgIpc) is 3.83. The molecule has 12 rings (SSSR count). The maximum Gasteiger partial charge on any atom is 0.160 e. The van der Waals surface area contributed by atoms with Gasteiger partial charge in [-0.25, -0.2) is 9.97 Å². The molecule has 0 radical (unpaired) electrons. The molecular formula is C58H38N2S. The van der Waals surface area contributed by atoms with Gasteiger partial charge in [-0.05, 0) is 104 Å². The van der Waals surface area contributed by atoms with E-state index in [1.54, 1.807) is 0 Å². The van der Waals surface area contributed by atoms with E-state index < -0.39 is 0 Å². The molecule has 9 aromatic carbocycles. The highest BCUT2D eigenvalue weighted by Crippen LogP contribution is 2.55. The quantitative estimate of drug-likeness (QED) is 0.168. The second kappa shape index (κ2) is 14.1. The van der Waals surface area contributed by atoms with E-state index >= 15 is 0 Å². The summed E-state index contributed by atoms with van der Waals surface area (Å²) in [6.07, 6.45) is 0. The highest BCUT2D eigenvalue weighted by Gasteiger charge is 2.41. The standard InChI is InChI=1S/C58H38N2S/c1-58(44-22-9-4-10-23-44)49-27-12-11-24-46(49)55-47(26-14-28-50(55)58)52-36-51(59-57(60-52)38-18-7-3-8-19-38)42-21-13-20-41(33-42)45-25-15-29-53-56(45)48-34-43-32-39(37-16-5-2-6-17-37)30-31-40(43)35-54(48)61-53/h2-36H,1H3. The Morgan fingerprint density at radius 2 is 1.03 bits per heavy atom. The van der Waals surface area contributed by atoms with Crippen LogP contribution in [0.3, 0.4) is 0 Å². The van der Waals surface area contributed by atoms with E-state index in [0.29, 0.717) is 5.82 Å². The van der Waals surface area contributed by atoms with E-state index in [2.05, 4.69) is 213 Å². The van der Waals surface area contributed by atoms with E-state index in [4.69, 9.17) is 9.97 Å². The van der Waals surface area contributed by atoms with Crippen LogP contribution in [0.4, 0.5) is 0 Å². The Labute approximate surface area is 359 Å². The third-order valence-corrected chi connectivity index (χ3v) is 13.9. The van der Waals surface area contributed by atoms with Gasteiger partial charge in [0.25, 0.3) is 0 Å². The van der Waals surface area contributed by atoms with E-state index in [1.807, 2.05) is 17.4 Å². The Morgan fingerprint density at radius 3 is 1.87 bits per heavy atom. The van der Waals surface area contributed by atoms with Crippen LogP contribution in [0.2, 0.25) is 0 Å². The molecule has 61 heavy (non-hydrogen) atoms. The predicted molar refractivity (Wildman–Crippen MR) is 257 cm³/mol. The summed E-state index contributed by atoms with van der Waals surface area (Å²) >= 11 is 1.87. The minimum Gasteiger partial charge on any atom is -0.228 e. The van der Waals surface area contributed by atoms with Gasteiger partial charge in [-0.1, -0.05) is 176 Å². The van der Waals surface area contributed by atoms with Gasteiger partial charge in [-0.15, -0.1) is 11.3 Å². The summed E-state index contributed by atoms with van der Waals surface area (Å²) in [5.74, 6) is 0.709. The van der Waals surface area contributed by atoms with Gasteiger partial charge in [0, 0.05) is 42.3 Å². The van der Waals surface area contributed by atoms with Crippen molar-refractivity contribution in [3.05, 3.63) is 229 Å². The molecule has 286 valence electrons. The van der Waals surface area contributed by atoms with Crippen molar-refractivity contribution >= 4 is 42.3 Å². The molecule has 1 atom stereocenters. The Bertz CT molecular complexity index is 3480. The van der Waals surface area contributed by atoms with Crippen LogP contribution >= 0.6 is 11.3 Å². The van der Waals surface area contributed by atoms with Crippen LogP contribution in [-0.4, -0.2) is 9.97 Å². The Kier molecular flexibility index (Phi) is 8.19. The Balaban J connectivity index is 1.02. The lowest BCUT2D eigenvalue weighted by Gasteiger charge is -2.28. The molecule has 0 spiro atoms. The second-order valence-electron chi connectivity index (χ2n) is 16.2. The number of nitrogens with zero attached hydrogens (tertiary/aromatic N) is 2. The van der Waals surface area contributed by atoms with E-state index in [-0.39, 0.29) is 5.41 Å². The SMILES string of the molecule is CC1(c2ccccc2)c2ccccc2-c2c(-c3cc(-c4cccc(-c5cccc6sc7cc8ccc(-c9ccccc9)cc8cc7c56)c4)nc(-c4ccccc4)n3)cccc21. The van der Waals surface area contributed by atoms with Gasteiger partial charge < -0.3 is 0 Å². The predicted octanol–water partition coefficient (Wildman–Crippen LogP) is 15.7.